The Kier molecular flexibility index (Phi) is 6.15. The molecule has 1 amide bonds. The maximum atomic E-state index is 13.5. The molecular formula is C19H22FNO2. The lowest BCUT2D eigenvalue weighted by molar-refractivity contribution is -0.121. The minimum Gasteiger partial charge on any atom is -0.491 e. The summed E-state index contributed by atoms with van der Waals surface area (Å²) in [5.74, 6) is 0.464. The number of ether oxygens (including phenoxy) is 1. The van der Waals surface area contributed by atoms with Gasteiger partial charge >= 0.3 is 0 Å². The number of amides is 1. The second-order valence-corrected chi connectivity index (χ2v) is 5.68. The zero-order valence-corrected chi connectivity index (χ0v) is 13.5. The monoisotopic (exact) mass is 315 g/mol. The van der Waals surface area contributed by atoms with Crippen LogP contribution in [0.2, 0.25) is 0 Å². The van der Waals surface area contributed by atoms with Gasteiger partial charge in [0.15, 0.2) is 0 Å². The fourth-order valence-electron chi connectivity index (χ4n) is 2.20. The molecule has 0 atom stereocenters. The van der Waals surface area contributed by atoms with Gasteiger partial charge in [0.05, 0.1) is 6.10 Å². The predicted octanol–water partition coefficient (Wildman–Crippen LogP) is 3.86. The van der Waals surface area contributed by atoms with Gasteiger partial charge in [-0.2, -0.15) is 0 Å². The van der Waals surface area contributed by atoms with Crippen molar-refractivity contribution in [1.29, 1.82) is 0 Å². The highest BCUT2D eigenvalue weighted by Crippen LogP contribution is 2.14. The first-order valence-electron chi connectivity index (χ1n) is 7.80. The summed E-state index contributed by atoms with van der Waals surface area (Å²) in [6.07, 6.45) is 0.814. The third-order valence-corrected chi connectivity index (χ3v) is 3.36. The third-order valence-electron chi connectivity index (χ3n) is 3.36. The Labute approximate surface area is 136 Å². The highest BCUT2D eigenvalue weighted by Gasteiger charge is 2.06. The molecule has 0 spiro atoms. The highest BCUT2D eigenvalue weighted by molar-refractivity contribution is 5.76. The quantitative estimate of drug-likeness (QED) is 0.842. The Morgan fingerprint density at radius 3 is 2.48 bits per heavy atom. The molecule has 0 aliphatic heterocycles. The Morgan fingerprint density at radius 2 is 1.83 bits per heavy atom. The van der Waals surface area contributed by atoms with Crippen LogP contribution in [0.4, 0.5) is 4.39 Å². The first kappa shape index (κ1) is 17.0. The second kappa shape index (κ2) is 8.32. The van der Waals surface area contributed by atoms with Gasteiger partial charge in [0.1, 0.15) is 11.6 Å². The number of hydrogen-bond donors (Lipinski definition) is 1. The number of rotatable bonds is 7. The van der Waals surface area contributed by atoms with Crippen LogP contribution >= 0.6 is 0 Å². The molecule has 0 heterocycles. The molecule has 2 rings (SSSR count). The molecule has 1 N–H and O–H groups in total. The molecule has 23 heavy (non-hydrogen) atoms. The molecule has 122 valence electrons. The minimum absolute atomic E-state index is 0.0873. The van der Waals surface area contributed by atoms with Crippen molar-refractivity contribution in [1.82, 2.24) is 5.32 Å². The summed E-state index contributed by atoms with van der Waals surface area (Å²) in [5.41, 5.74) is 1.57. The molecule has 2 aromatic rings. The number of hydrogen-bond acceptors (Lipinski definition) is 2. The van der Waals surface area contributed by atoms with Gasteiger partial charge in [-0.3, -0.25) is 4.79 Å². The van der Waals surface area contributed by atoms with Gasteiger partial charge in [-0.05, 0) is 49.6 Å². The van der Waals surface area contributed by atoms with Crippen molar-refractivity contribution in [2.24, 2.45) is 0 Å². The van der Waals surface area contributed by atoms with Crippen LogP contribution in [0.5, 0.6) is 5.75 Å². The van der Waals surface area contributed by atoms with E-state index in [-0.39, 0.29) is 24.2 Å². The van der Waals surface area contributed by atoms with E-state index in [2.05, 4.69) is 5.32 Å². The molecule has 0 aliphatic carbocycles. The van der Waals surface area contributed by atoms with E-state index in [0.29, 0.717) is 18.5 Å². The van der Waals surface area contributed by atoms with Crippen LogP contribution < -0.4 is 10.1 Å². The number of aryl methyl sites for hydroxylation is 1. The number of carbonyl (C=O) groups excluding carboxylic acids is 1. The Hall–Kier alpha value is -2.36. The van der Waals surface area contributed by atoms with E-state index in [1.165, 1.54) is 6.07 Å². The largest absolute Gasteiger partial charge is 0.491 e. The van der Waals surface area contributed by atoms with Crippen molar-refractivity contribution < 1.29 is 13.9 Å². The maximum absolute atomic E-state index is 13.5. The molecule has 0 saturated heterocycles. The van der Waals surface area contributed by atoms with Crippen LogP contribution in [-0.2, 0) is 17.8 Å². The van der Waals surface area contributed by atoms with Gasteiger partial charge in [0.2, 0.25) is 5.91 Å². The fourth-order valence-corrected chi connectivity index (χ4v) is 2.20. The van der Waals surface area contributed by atoms with E-state index in [4.69, 9.17) is 4.74 Å². The van der Waals surface area contributed by atoms with Crippen LogP contribution in [0.25, 0.3) is 0 Å². The summed E-state index contributed by atoms with van der Waals surface area (Å²) in [6, 6.07) is 14.2. The van der Waals surface area contributed by atoms with Gasteiger partial charge in [-0.15, -0.1) is 0 Å². The summed E-state index contributed by atoms with van der Waals surface area (Å²) >= 11 is 0. The lowest BCUT2D eigenvalue weighted by atomic mass is 10.1. The average Bonchev–Trinajstić information content (AvgIpc) is 2.53. The maximum Gasteiger partial charge on any atom is 0.220 e. The van der Waals surface area contributed by atoms with Crippen molar-refractivity contribution in [2.75, 3.05) is 0 Å². The summed E-state index contributed by atoms with van der Waals surface area (Å²) in [5, 5.41) is 2.85. The second-order valence-electron chi connectivity index (χ2n) is 5.68. The molecule has 3 nitrogen and oxygen atoms in total. The normalized spacial score (nSPS) is 10.6. The topological polar surface area (TPSA) is 38.3 Å². The Morgan fingerprint density at radius 1 is 1.13 bits per heavy atom. The smallest absolute Gasteiger partial charge is 0.220 e. The van der Waals surface area contributed by atoms with Gasteiger partial charge in [0.25, 0.3) is 0 Å². The van der Waals surface area contributed by atoms with Crippen LogP contribution in [0.3, 0.4) is 0 Å². The van der Waals surface area contributed by atoms with Gasteiger partial charge < -0.3 is 10.1 Å². The zero-order chi connectivity index (χ0) is 16.7. The summed E-state index contributed by atoms with van der Waals surface area (Å²) in [6.45, 7) is 4.41. The molecule has 0 aliphatic rings. The molecule has 2 aromatic carbocycles. The van der Waals surface area contributed by atoms with Gasteiger partial charge in [0, 0.05) is 13.0 Å². The molecule has 0 aromatic heterocycles. The first-order chi connectivity index (χ1) is 11.0. The van der Waals surface area contributed by atoms with Crippen LogP contribution in [-0.4, -0.2) is 12.0 Å². The number of halogens is 1. The molecule has 0 saturated carbocycles. The lowest BCUT2D eigenvalue weighted by Gasteiger charge is -2.10. The number of nitrogens with one attached hydrogen (secondary N) is 1. The highest BCUT2D eigenvalue weighted by atomic mass is 19.1. The van der Waals surface area contributed by atoms with Crippen molar-refractivity contribution in [3.05, 3.63) is 65.5 Å². The molecule has 0 unspecified atom stereocenters. The number of benzene rings is 2. The molecule has 0 bridgehead atoms. The lowest BCUT2D eigenvalue weighted by Crippen LogP contribution is -2.23. The summed E-state index contributed by atoms with van der Waals surface area (Å²) in [7, 11) is 0. The zero-order valence-electron chi connectivity index (χ0n) is 13.5. The standard InChI is InChI=1S/C19H22FNO2/c1-14(2)23-17-10-7-15(8-11-17)13-21-19(22)12-9-16-5-3-4-6-18(16)20/h3-8,10-11,14H,9,12-13H2,1-2H3,(H,21,22). The van der Waals surface area contributed by atoms with E-state index < -0.39 is 0 Å². The fraction of sp³-hybridized carbons (Fsp3) is 0.316. The van der Waals surface area contributed by atoms with Crippen LogP contribution in [0.15, 0.2) is 48.5 Å². The molecule has 0 fully saturated rings. The third kappa shape index (κ3) is 5.74. The van der Waals surface area contributed by atoms with Crippen LogP contribution in [0, 0.1) is 5.82 Å². The summed E-state index contributed by atoms with van der Waals surface area (Å²) < 4.78 is 19.0. The molecule has 4 heteroatoms. The first-order valence-corrected chi connectivity index (χ1v) is 7.80. The predicted molar refractivity (Wildman–Crippen MR) is 88.8 cm³/mol. The number of carbonyl (C=O) groups is 1. The summed E-state index contributed by atoms with van der Waals surface area (Å²) in [4.78, 5) is 11.9. The SMILES string of the molecule is CC(C)Oc1ccc(CNC(=O)CCc2ccccc2F)cc1. The minimum atomic E-state index is -0.263. The van der Waals surface area contributed by atoms with Crippen molar-refractivity contribution >= 4 is 5.91 Å². The molecule has 0 radical (unpaired) electrons. The van der Waals surface area contributed by atoms with E-state index in [9.17, 15) is 9.18 Å². The van der Waals surface area contributed by atoms with E-state index >= 15 is 0 Å². The Bertz CT molecular complexity index is 638. The molecular weight excluding hydrogens is 293 g/mol. The van der Waals surface area contributed by atoms with E-state index in [1.807, 2.05) is 38.1 Å². The average molecular weight is 315 g/mol. The Balaban J connectivity index is 1.77. The van der Waals surface area contributed by atoms with E-state index in [0.717, 1.165) is 11.3 Å². The van der Waals surface area contributed by atoms with Crippen molar-refractivity contribution in [3.63, 3.8) is 0 Å². The van der Waals surface area contributed by atoms with E-state index in [1.54, 1.807) is 18.2 Å². The van der Waals surface area contributed by atoms with Crippen molar-refractivity contribution in [2.45, 2.75) is 39.3 Å². The van der Waals surface area contributed by atoms with Crippen LogP contribution in [0.1, 0.15) is 31.4 Å². The van der Waals surface area contributed by atoms with Gasteiger partial charge in [-0.25, -0.2) is 4.39 Å². The van der Waals surface area contributed by atoms with Crippen molar-refractivity contribution in [3.8, 4) is 5.75 Å². The van der Waals surface area contributed by atoms with Gasteiger partial charge in [-0.1, -0.05) is 30.3 Å².